The quantitative estimate of drug-likeness (QED) is 0.851. The molecule has 1 aliphatic rings. The van der Waals surface area contributed by atoms with Gasteiger partial charge in [0.25, 0.3) is 0 Å². The molecule has 1 aromatic heterocycles. The third kappa shape index (κ3) is 3.56. The number of carbonyl (C=O) groups is 1. The van der Waals surface area contributed by atoms with E-state index in [0.29, 0.717) is 13.1 Å². The minimum atomic E-state index is 0.181. The Balaban J connectivity index is 1.69. The molecule has 1 aromatic rings. The minimum absolute atomic E-state index is 0.181. The summed E-state index contributed by atoms with van der Waals surface area (Å²) in [4.78, 5) is 13.7. The lowest BCUT2D eigenvalue weighted by atomic mass is 10.1. The van der Waals surface area contributed by atoms with Crippen LogP contribution in [0.5, 0.6) is 0 Å². The fraction of sp³-hybridized carbons (Fsp3) is 0.667. The summed E-state index contributed by atoms with van der Waals surface area (Å²) >= 11 is 0. The summed E-state index contributed by atoms with van der Waals surface area (Å²) in [6.07, 6.45) is 3.51. The van der Waals surface area contributed by atoms with Gasteiger partial charge in [0.15, 0.2) is 5.76 Å². The second kappa shape index (κ2) is 5.82. The van der Waals surface area contributed by atoms with Gasteiger partial charge in [0.2, 0.25) is 5.91 Å². The van der Waals surface area contributed by atoms with Crippen LogP contribution in [0.4, 0.5) is 0 Å². The molecule has 1 aliphatic heterocycles. The van der Waals surface area contributed by atoms with E-state index in [0.717, 1.165) is 37.4 Å². The molecular weight excluding hydrogens is 218 g/mol. The molecule has 2 rings (SSSR count). The topological polar surface area (TPSA) is 58.4 Å². The number of piperidine rings is 1. The maximum atomic E-state index is 11.8. The molecule has 0 saturated carbocycles. The molecule has 1 saturated heterocycles. The number of amides is 1. The van der Waals surface area contributed by atoms with E-state index in [1.165, 1.54) is 6.42 Å². The second-order valence-corrected chi connectivity index (χ2v) is 4.48. The summed E-state index contributed by atoms with van der Waals surface area (Å²) in [5.74, 6) is 0.954. The number of nitrogens with zero attached hydrogens (tertiary/aromatic N) is 2. The van der Waals surface area contributed by atoms with E-state index in [4.69, 9.17) is 4.52 Å². The lowest BCUT2D eigenvalue weighted by molar-refractivity contribution is -0.131. The number of aryl methyl sites for hydroxylation is 1. The van der Waals surface area contributed by atoms with Gasteiger partial charge in [-0.1, -0.05) is 5.16 Å². The van der Waals surface area contributed by atoms with Gasteiger partial charge in [0.05, 0.1) is 18.8 Å². The van der Waals surface area contributed by atoms with Crippen molar-refractivity contribution in [3.05, 3.63) is 17.5 Å². The standard InChI is InChI=1S/C12H19N3O2/c1-10-7-11(17-14-10)8-13-9-12(16)15-5-3-2-4-6-15/h7,13H,2-6,8-9H2,1H3. The van der Waals surface area contributed by atoms with Crippen LogP contribution in [-0.4, -0.2) is 35.6 Å². The molecule has 94 valence electrons. The van der Waals surface area contributed by atoms with Gasteiger partial charge >= 0.3 is 0 Å². The number of likely N-dealkylation sites (tertiary alicyclic amines) is 1. The molecule has 5 heteroatoms. The Labute approximate surface area is 101 Å². The van der Waals surface area contributed by atoms with E-state index in [-0.39, 0.29) is 5.91 Å². The minimum Gasteiger partial charge on any atom is -0.360 e. The molecule has 2 heterocycles. The molecule has 1 fully saturated rings. The molecule has 1 amide bonds. The van der Waals surface area contributed by atoms with Crippen molar-refractivity contribution in [2.24, 2.45) is 0 Å². The third-order valence-corrected chi connectivity index (χ3v) is 2.96. The van der Waals surface area contributed by atoms with Gasteiger partial charge in [-0.2, -0.15) is 0 Å². The molecule has 0 unspecified atom stereocenters. The molecule has 0 spiro atoms. The lowest BCUT2D eigenvalue weighted by Gasteiger charge is -2.26. The zero-order valence-corrected chi connectivity index (χ0v) is 10.2. The van der Waals surface area contributed by atoms with Crippen LogP contribution in [-0.2, 0) is 11.3 Å². The van der Waals surface area contributed by atoms with Gasteiger partial charge in [-0.15, -0.1) is 0 Å². The molecule has 1 N–H and O–H groups in total. The van der Waals surface area contributed by atoms with E-state index in [1.807, 2.05) is 17.9 Å². The van der Waals surface area contributed by atoms with E-state index in [1.54, 1.807) is 0 Å². The van der Waals surface area contributed by atoms with Crippen molar-refractivity contribution in [2.45, 2.75) is 32.7 Å². The predicted octanol–water partition coefficient (Wildman–Crippen LogP) is 1.09. The molecule has 0 atom stereocenters. The van der Waals surface area contributed by atoms with Crippen LogP contribution in [0.1, 0.15) is 30.7 Å². The van der Waals surface area contributed by atoms with Gasteiger partial charge in [-0.3, -0.25) is 4.79 Å². The Hall–Kier alpha value is -1.36. The summed E-state index contributed by atoms with van der Waals surface area (Å²) in [5, 5.41) is 6.88. The van der Waals surface area contributed by atoms with Crippen LogP contribution in [0.15, 0.2) is 10.6 Å². The molecular formula is C12H19N3O2. The summed E-state index contributed by atoms with van der Waals surface area (Å²) in [5.41, 5.74) is 0.865. The number of carbonyl (C=O) groups excluding carboxylic acids is 1. The average Bonchev–Trinajstić information content (AvgIpc) is 2.76. The number of hydrogen-bond donors (Lipinski definition) is 1. The number of nitrogens with one attached hydrogen (secondary N) is 1. The summed E-state index contributed by atoms with van der Waals surface area (Å²) in [7, 11) is 0. The molecule has 0 aliphatic carbocycles. The largest absolute Gasteiger partial charge is 0.360 e. The third-order valence-electron chi connectivity index (χ3n) is 2.96. The number of aromatic nitrogens is 1. The van der Waals surface area contributed by atoms with Crippen molar-refractivity contribution in [2.75, 3.05) is 19.6 Å². The number of hydrogen-bond acceptors (Lipinski definition) is 4. The van der Waals surface area contributed by atoms with Gasteiger partial charge < -0.3 is 14.7 Å². The maximum Gasteiger partial charge on any atom is 0.236 e. The maximum absolute atomic E-state index is 11.8. The highest BCUT2D eigenvalue weighted by Crippen LogP contribution is 2.08. The van der Waals surface area contributed by atoms with Gasteiger partial charge in [0, 0.05) is 19.2 Å². The first kappa shape index (κ1) is 12.1. The Kier molecular flexibility index (Phi) is 4.14. The van der Waals surface area contributed by atoms with Crippen molar-refractivity contribution in [1.82, 2.24) is 15.4 Å². The van der Waals surface area contributed by atoms with Crippen LogP contribution >= 0.6 is 0 Å². The van der Waals surface area contributed by atoms with Gasteiger partial charge in [0.1, 0.15) is 0 Å². The van der Waals surface area contributed by atoms with Crippen molar-refractivity contribution in [3.8, 4) is 0 Å². The SMILES string of the molecule is Cc1cc(CNCC(=O)N2CCCCC2)on1. The van der Waals surface area contributed by atoms with Gasteiger partial charge in [-0.25, -0.2) is 0 Å². The second-order valence-electron chi connectivity index (χ2n) is 4.48. The van der Waals surface area contributed by atoms with Crippen molar-refractivity contribution >= 4 is 5.91 Å². The molecule has 17 heavy (non-hydrogen) atoms. The highest BCUT2D eigenvalue weighted by atomic mass is 16.5. The average molecular weight is 237 g/mol. The van der Waals surface area contributed by atoms with Crippen LogP contribution in [0.25, 0.3) is 0 Å². The van der Waals surface area contributed by atoms with Gasteiger partial charge in [-0.05, 0) is 26.2 Å². The first-order valence-electron chi connectivity index (χ1n) is 6.16. The molecule has 0 radical (unpaired) electrons. The smallest absolute Gasteiger partial charge is 0.236 e. The zero-order valence-electron chi connectivity index (χ0n) is 10.2. The molecule has 0 aromatic carbocycles. The monoisotopic (exact) mass is 237 g/mol. The fourth-order valence-electron chi connectivity index (χ4n) is 2.05. The van der Waals surface area contributed by atoms with Crippen molar-refractivity contribution in [1.29, 1.82) is 0 Å². The van der Waals surface area contributed by atoms with Crippen molar-refractivity contribution < 1.29 is 9.32 Å². The zero-order chi connectivity index (χ0) is 12.1. The Bertz CT molecular complexity index is 370. The summed E-state index contributed by atoms with van der Waals surface area (Å²) in [6, 6.07) is 1.87. The van der Waals surface area contributed by atoms with Crippen LogP contribution in [0.2, 0.25) is 0 Å². The van der Waals surface area contributed by atoms with E-state index in [9.17, 15) is 4.79 Å². The Morgan fingerprint density at radius 1 is 1.47 bits per heavy atom. The highest BCUT2D eigenvalue weighted by molar-refractivity contribution is 5.78. The number of rotatable bonds is 4. The predicted molar refractivity (Wildman–Crippen MR) is 63.4 cm³/mol. The van der Waals surface area contributed by atoms with Crippen LogP contribution in [0.3, 0.4) is 0 Å². The van der Waals surface area contributed by atoms with E-state index >= 15 is 0 Å². The van der Waals surface area contributed by atoms with Crippen molar-refractivity contribution in [3.63, 3.8) is 0 Å². The lowest BCUT2D eigenvalue weighted by Crippen LogP contribution is -2.40. The van der Waals surface area contributed by atoms with E-state index < -0.39 is 0 Å². The molecule has 0 bridgehead atoms. The van der Waals surface area contributed by atoms with E-state index in [2.05, 4.69) is 10.5 Å². The normalized spacial score (nSPS) is 16.2. The van der Waals surface area contributed by atoms with Crippen LogP contribution in [0, 0.1) is 6.92 Å². The first-order chi connectivity index (χ1) is 8.25. The van der Waals surface area contributed by atoms with Crippen LogP contribution < -0.4 is 5.32 Å². The summed E-state index contributed by atoms with van der Waals surface area (Å²) in [6.45, 7) is 4.62. The Morgan fingerprint density at radius 2 is 2.24 bits per heavy atom. The molecule has 5 nitrogen and oxygen atoms in total. The fourth-order valence-corrected chi connectivity index (χ4v) is 2.05. The highest BCUT2D eigenvalue weighted by Gasteiger charge is 2.15. The first-order valence-corrected chi connectivity index (χ1v) is 6.16. The Morgan fingerprint density at radius 3 is 2.88 bits per heavy atom. The summed E-state index contributed by atoms with van der Waals surface area (Å²) < 4.78 is 5.05.